The number of ether oxygens (including phenoxy) is 2. The number of nitrogens with zero attached hydrogens (tertiary/aromatic N) is 2. The molecule has 0 N–H and O–H groups in total. The Balaban J connectivity index is 1.24. The lowest BCUT2D eigenvalue weighted by Gasteiger charge is -2.42. The van der Waals surface area contributed by atoms with Crippen molar-refractivity contribution in [3.8, 4) is 17.6 Å². The highest BCUT2D eigenvalue weighted by atomic mass is 16.7. The number of nitriles is 1. The number of fused-ring (bicyclic) bond motifs is 3. The maximum absolute atomic E-state index is 10.6. The summed E-state index contributed by atoms with van der Waals surface area (Å²) in [5.74, 6) is 3.53. The van der Waals surface area contributed by atoms with Crippen LogP contribution >= 0.6 is 0 Å². The summed E-state index contributed by atoms with van der Waals surface area (Å²) >= 11 is 0. The largest absolute Gasteiger partial charge is 0.454 e. The number of hydrogen-bond donors (Lipinski definition) is 0. The number of piperidine rings is 1. The summed E-state index contributed by atoms with van der Waals surface area (Å²) in [5.41, 5.74) is 2.91. The van der Waals surface area contributed by atoms with E-state index in [1.54, 1.807) is 0 Å². The van der Waals surface area contributed by atoms with Crippen LogP contribution < -0.4 is 9.47 Å². The van der Waals surface area contributed by atoms with E-state index in [9.17, 15) is 5.26 Å². The molecule has 4 heteroatoms. The minimum atomic E-state index is -0.604. The standard InChI is InChI=1S/C30H30N2O2/c31-20-30(25-7-3-1-4-8-25,26-9-5-2-6-10-26)16-27-23-12-13-24(27)19-32(18-23)17-22-11-14-28-29(15-22)34-21-33-28/h1-11,14-15,23-24,27H,12-13,16-19,21H2. The first kappa shape index (κ1) is 21.3. The molecule has 0 amide bonds. The molecule has 1 saturated heterocycles. The Morgan fingerprint density at radius 3 is 2.06 bits per heavy atom. The van der Waals surface area contributed by atoms with Crippen LogP contribution in [0.1, 0.15) is 36.0 Å². The van der Waals surface area contributed by atoms with E-state index < -0.39 is 5.41 Å². The Hall–Kier alpha value is -3.29. The third-order valence-electron chi connectivity index (χ3n) is 8.21. The van der Waals surface area contributed by atoms with Gasteiger partial charge < -0.3 is 9.47 Å². The maximum atomic E-state index is 10.6. The van der Waals surface area contributed by atoms with Crippen LogP contribution in [0.5, 0.6) is 11.5 Å². The first-order chi connectivity index (χ1) is 16.7. The third-order valence-corrected chi connectivity index (χ3v) is 8.21. The van der Waals surface area contributed by atoms with Gasteiger partial charge in [0.25, 0.3) is 0 Å². The average molecular weight is 451 g/mol. The summed E-state index contributed by atoms with van der Waals surface area (Å²) in [6.45, 7) is 3.45. The second kappa shape index (κ2) is 8.81. The molecule has 2 unspecified atom stereocenters. The van der Waals surface area contributed by atoms with Gasteiger partial charge in [-0.2, -0.15) is 5.26 Å². The summed E-state index contributed by atoms with van der Waals surface area (Å²) in [7, 11) is 0. The van der Waals surface area contributed by atoms with Gasteiger partial charge >= 0.3 is 0 Å². The van der Waals surface area contributed by atoms with E-state index in [1.807, 2.05) is 18.2 Å². The summed E-state index contributed by atoms with van der Waals surface area (Å²) in [6.07, 6.45) is 3.42. The van der Waals surface area contributed by atoms with Crippen molar-refractivity contribution in [2.24, 2.45) is 17.8 Å². The molecule has 6 rings (SSSR count). The quantitative estimate of drug-likeness (QED) is 0.478. The SMILES string of the molecule is N#CC(CC1C2CCC1CN(Cc1ccc3c(c1)OCO3)C2)(c1ccccc1)c1ccccc1. The van der Waals surface area contributed by atoms with Crippen LogP contribution in [-0.4, -0.2) is 24.8 Å². The molecule has 3 aromatic rings. The van der Waals surface area contributed by atoms with Gasteiger partial charge in [-0.3, -0.25) is 4.90 Å². The number of benzene rings is 3. The number of rotatable bonds is 6. The normalized spacial score (nSPS) is 23.6. The van der Waals surface area contributed by atoms with Gasteiger partial charge in [0.05, 0.1) is 6.07 Å². The zero-order valence-electron chi connectivity index (χ0n) is 19.4. The van der Waals surface area contributed by atoms with E-state index in [0.29, 0.717) is 24.5 Å². The Labute approximate surface area is 201 Å². The molecule has 1 saturated carbocycles. The Bertz CT molecular complexity index is 1130. The van der Waals surface area contributed by atoms with E-state index in [1.165, 1.54) is 18.4 Å². The van der Waals surface area contributed by atoms with Gasteiger partial charge in [0.1, 0.15) is 5.41 Å². The van der Waals surface area contributed by atoms with E-state index in [2.05, 4.69) is 71.6 Å². The van der Waals surface area contributed by atoms with E-state index in [-0.39, 0.29) is 0 Å². The fraction of sp³-hybridized carbons (Fsp3) is 0.367. The molecular weight excluding hydrogens is 420 g/mol. The summed E-state index contributed by atoms with van der Waals surface area (Å²) in [6, 6.07) is 30.0. The van der Waals surface area contributed by atoms with Crippen LogP contribution in [0.15, 0.2) is 78.9 Å². The highest BCUT2D eigenvalue weighted by molar-refractivity contribution is 5.46. The molecule has 2 aliphatic heterocycles. The minimum absolute atomic E-state index is 0.317. The fourth-order valence-corrected chi connectivity index (χ4v) is 6.57. The highest BCUT2D eigenvalue weighted by Gasteiger charge is 2.47. The van der Waals surface area contributed by atoms with Gasteiger partial charge in [0, 0.05) is 19.6 Å². The highest BCUT2D eigenvalue weighted by Crippen LogP contribution is 2.50. The fourth-order valence-electron chi connectivity index (χ4n) is 6.57. The third kappa shape index (κ3) is 3.75. The lowest BCUT2D eigenvalue weighted by Crippen LogP contribution is -2.44. The molecule has 1 aliphatic carbocycles. The van der Waals surface area contributed by atoms with Gasteiger partial charge in [-0.25, -0.2) is 0 Å². The lowest BCUT2D eigenvalue weighted by molar-refractivity contribution is 0.0908. The van der Waals surface area contributed by atoms with Crippen molar-refractivity contribution in [3.05, 3.63) is 95.6 Å². The number of likely N-dealkylation sites (tertiary alicyclic amines) is 1. The van der Waals surface area contributed by atoms with E-state index in [0.717, 1.165) is 48.7 Å². The molecule has 2 fully saturated rings. The molecule has 0 aromatic heterocycles. The van der Waals surface area contributed by atoms with Gasteiger partial charge in [-0.05, 0) is 65.8 Å². The monoisotopic (exact) mass is 450 g/mol. The zero-order chi connectivity index (χ0) is 23.0. The summed E-state index contributed by atoms with van der Waals surface area (Å²) < 4.78 is 11.0. The first-order valence-electron chi connectivity index (χ1n) is 12.4. The van der Waals surface area contributed by atoms with Crippen LogP contribution in [0.25, 0.3) is 0 Å². The van der Waals surface area contributed by atoms with Gasteiger partial charge in [-0.1, -0.05) is 66.7 Å². The Kier molecular flexibility index (Phi) is 5.51. The predicted molar refractivity (Wildman–Crippen MR) is 131 cm³/mol. The molecule has 34 heavy (non-hydrogen) atoms. The summed E-state index contributed by atoms with van der Waals surface area (Å²) in [4.78, 5) is 2.61. The molecule has 4 nitrogen and oxygen atoms in total. The van der Waals surface area contributed by atoms with Gasteiger partial charge in [0.2, 0.25) is 6.79 Å². The predicted octanol–water partition coefficient (Wildman–Crippen LogP) is 5.77. The second-order valence-electron chi connectivity index (χ2n) is 10.1. The molecule has 172 valence electrons. The zero-order valence-corrected chi connectivity index (χ0v) is 19.4. The van der Waals surface area contributed by atoms with Crippen LogP contribution in [0.3, 0.4) is 0 Å². The molecule has 3 aromatic carbocycles. The number of hydrogen-bond acceptors (Lipinski definition) is 4. The van der Waals surface area contributed by atoms with Crippen LogP contribution in [0.2, 0.25) is 0 Å². The lowest BCUT2D eigenvalue weighted by atomic mass is 9.66. The minimum Gasteiger partial charge on any atom is -0.454 e. The van der Waals surface area contributed by atoms with Gasteiger partial charge in [0.15, 0.2) is 11.5 Å². The molecular formula is C30H30N2O2. The van der Waals surface area contributed by atoms with Crippen molar-refractivity contribution in [3.63, 3.8) is 0 Å². The summed E-state index contributed by atoms with van der Waals surface area (Å²) in [5, 5.41) is 10.6. The second-order valence-corrected chi connectivity index (χ2v) is 10.1. The van der Waals surface area contributed by atoms with Crippen molar-refractivity contribution in [2.45, 2.75) is 31.2 Å². The molecule has 2 bridgehead atoms. The van der Waals surface area contributed by atoms with Crippen molar-refractivity contribution in [1.82, 2.24) is 4.90 Å². The Morgan fingerprint density at radius 1 is 0.824 bits per heavy atom. The molecule has 0 radical (unpaired) electrons. The average Bonchev–Trinajstić information content (AvgIpc) is 3.44. The van der Waals surface area contributed by atoms with Crippen molar-refractivity contribution in [1.29, 1.82) is 5.26 Å². The topological polar surface area (TPSA) is 45.5 Å². The van der Waals surface area contributed by atoms with E-state index >= 15 is 0 Å². The van der Waals surface area contributed by atoms with Gasteiger partial charge in [-0.15, -0.1) is 0 Å². The Morgan fingerprint density at radius 2 is 1.44 bits per heavy atom. The molecule has 2 atom stereocenters. The van der Waals surface area contributed by atoms with Crippen LogP contribution in [0, 0.1) is 29.1 Å². The van der Waals surface area contributed by atoms with Crippen molar-refractivity contribution < 1.29 is 9.47 Å². The molecule has 3 aliphatic rings. The van der Waals surface area contributed by atoms with Crippen LogP contribution in [0.4, 0.5) is 0 Å². The molecule has 2 heterocycles. The molecule has 0 spiro atoms. The smallest absolute Gasteiger partial charge is 0.231 e. The first-order valence-corrected chi connectivity index (χ1v) is 12.4. The van der Waals surface area contributed by atoms with Crippen molar-refractivity contribution in [2.75, 3.05) is 19.9 Å². The maximum Gasteiger partial charge on any atom is 0.231 e. The van der Waals surface area contributed by atoms with Crippen molar-refractivity contribution >= 4 is 0 Å². The van der Waals surface area contributed by atoms with Crippen LogP contribution in [-0.2, 0) is 12.0 Å². The van der Waals surface area contributed by atoms with E-state index in [4.69, 9.17) is 9.47 Å².